The van der Waals surface area contributed by atoms with Crippen LogP contribution in [0.2, 0.25) is 0 Å². The van der Waals surface area contributed by atoms with Gasteiger partial charge < -0.3 is 4.74 Å². The maximum atomic E-state index is 12.6. The van der Waals surface area contributed by atoms with Crippen LogP contribution in [0.15, 0.2) is 30.3 Å². The number of likely N-dealkylation sites (tertiary alicyclic amines) is 1. The summed E-state index contributed by atoms with van der Waals surface area (Å²) in [5.74, 6) is -0.510. The van der Waals surface area contributed by atoms with E-state index in [1.165, 1.54) is 0 Å². The monoisotopic (exact) mass is 265 g/mol. The van der Waals surface area contributed by atoms with Crippen LogP contribution in [0.3, 0.4) is 0 Å². The number of benzene rings is 1. The van der Waals surface area contributed by atoms with Gasteiger partial charge in [-0.05, 0) is 12.8 Å². The van der Waals surface area contributed by atoms with Crippen LogP contribution in [-0.4, -0.2) is 30.5 Å². The minimum atomic E-state index is -1.24. The molecule has 1 unspecified atom stereocenters. The van der Waals surface area contributed by atoms with Gasteiger partial charge in [0.1, 0.15) is 0 Å². The first-order chi connectivity index (χ1) is 9.22. The molecule has 0 amide bonds. The van der Waals surface area contributed by atoms with Gasteiger partial charge in [-0.2, -0.15) is 4.39 Å². The number of rotatable bonds is 5. The van der Waals surface area contributed by atoms with Gasteiger partial charge in [0.25, 0.3) is 6.47 Å². The Bertz CT molecular complexity index is 430. The molecule has 1 aliphatic heterocycles. The molecule has 1 aromatic carbocycles. The van der Waals surface area contributed by atoms with E-state index in [0.29, 0.717) is 32.4 Å². The van der Waals surface area contributed by atoms with Crippen LogP contribution in [0, 0.1) is 5.92 Å². The number of halogens is 1. The van der Waals surface area contributed by atoms with Gasteiger partial charge in [0.05, 0.1) is 5.92 Å². The topological polar surface area (TPSA) is 46.6 Å². The van der Waals surface area contributed by atoms with Gasteiger partial charge in [0.2, 0.25) is 0 Å². The van der Waals surface area contributed by atoms with E-state index >= 15 is 0 Å². The molecule has 102 valence electrons. The van der Waals surface area contributed by atoms with Crippen molar-refractivity contribution in [3.05, 3.63) is 35.9 Å². The Balaban J connectivity index is 2.05. The molecule has 1 aromatic rings. The summed E-state index contributed by atoms with van der Waals surface area (Å²) in [4.78, 5) is 23.3. The minimum absolute atomic E-state index is 0.421. The largest absolute Gasteiger partial charge is 0.444 e. The minimum Gasteiger partial charge on any atom is -0.444 e. The molecule has 1 fully saturated rings. The van der Waals surface area contributed by atoms with Crippen molar-refractivity contribution in [2.75, 3.05) is 13.1 Å². The zero-order valence-corrected chi connectivity index (χ0v) is 10.5. The molecular weight excluding hydrogens is 249 g/mol. The van der Waals surface area contributed by atoms with Crippen molar-refractivity contribution in [3.8, 4) is 0 Å². The maximum Gasteiger partial charge on any atom is 0.304 e. The normalized spacial score (nSPS) is 18.8. The highest BCUT2D eigenvalue weighted by Gasteiger charge is 2.30. The summed E-state index contributed by atoms with van der Waals surface area (Å²) >= 11 is 0. The fourth-order valence-electron chi connectivity index (χ4n) is 2.41. The number of carbonyl (C=O) groups excluding carboxylic acids is 2. The highest BCUT2D eigenvalue weighted by atomic mass is 19.1. The van der Waals surface area contributed by atoms with Gasteiger partial charge in [-0.3, -0.25) is 14.5 Å². The molecule has 0 aliphatic carbocycles. The van der Waals surface area contributed by atoms with E-state index in [1.807, 2.05) is 35.2 Å². The number of carbonyl (C=O) groups is 2. The average Bonchev–Trinajstić information content (AvgIpc) is 2.46. The number of ether oxygens (including phenoxy) is 1. The summed E-state index contributed by atoms with van der Waals surface area (Å²) in [6.07, 6.45) is 0.455. The van der Waals surface area contributed by atoms with Crippen molar-refractivity contribution < 1.29 is 18.7 Å². The summed E-state index contributed by atoms with van der Waals surface area (Å²) in [6.45, 7) is 1.49. The lowest BCUT2D eigenvalue weighted by Gasteiger charge is -2.35. The third kappa shape index (κ3) is 3.38. The smallest absolute Gasteiger partial charge is 0.304 e. The van der Waals surface area contributed by atoms with E-state index in [2.05, 4.69) is 0 Å². The molecule has 0 radical (unpaired) electrons. The van der Waals surface area contributed by atoms with E-state index in [-0.39, 0.29) is 0 Å². The number of piperidine rings is 1. The van der Waals surface area contributed by atoms with Crippen LogP contribution in [0.25, 0.3) is 0 Å². The zero-order valence-electron chi connectivity index (χ0n) is 10.5. The standard InChI is InChI=1S/C14H16FNO3/c15-13(18)11-6-8-16(9-7-11)14(19-10-17)12-4-2-1-3-5-12/h1-5,10-11,14H,6-9H2. The Morgan fingerprint density at radius 3 is 2.47 bits per heavy atom. The molecule has 1 heterocycles. The lowest BCUT2D eigenvalue weighted by Crippen LogP contribution is -2.39. The van der Waals surface area contributed by atoms with Crippen LogP contribution < -0.4 is 0 Å². The molecule has 19 heavy (non-hydrogen) atoms. The Hall–Kier alpha value is -1.75. The summed E-state index contributed by atoms with van der Waals surface area (Å²) in [5.41, 5.74) is 0.875. The fraction of sp³-hybridized carbons (Fsp3) is 0.429. The Morgan fingerprint density at radius 2 is 1.95 bits per heavy atom. The summed E-state index contributed by atoms with van der Waals surface area (Å²) in [5, 5.41) is 0. The molecule has 1 saturated heterocycles. The van der Waals surface area contributed by atoms with Crippen LogP contribution in [-0.2, 0) is 14.3 Å². The highest BCUT2D eigenvalue weighted by Crippen LogP contribution is 2.27. The van der Waals surface area contributed by atoms with Gasteiger partial charge >= 0.3 is 6.04 Å². The SMILES string of the molecule is O=COC(c1ccccc1)N1CCC(C(=O)F)CC1. The molecule has 4 nitrogen and oxygen atoms in total. The first kappa shape index (κ1) is 13.7. The molecule has 0 bridgehead atoms. The van der Waals surface area contributed by atoms with E-state index in [0.717, 1.165) is 5.56 Å². The molecule has 5 heteroatoms. The molecule has 1 atom stereocenters. The second-order valence-electron chi connectivity index (χ2n) is 4.61. The average molecular weight is 265 g/mol. The fourth-order valence-corrected chi connectivity index (χ4v) is 2.41. The highest BCUT2D eigenvalue weighted by molar-refractivity contribution is 5.71. The molecule has 1 aliphatic rings. The molecular formula is C14H16FNO3. The van der Waals surface area contributed by atoms with Crippen molar-refractivity contribution in [1.29, 1.82) is 0 Å². The summed E-state index contributed by atoms with van der Waals surface area (Å²) in [7, 11) is 0. The van der Waals surface area contributed by atoms with Crippen molar-refractivity contribution in [1.82, 2.24) is 4.90 Å². The van der Waals surface area contributed by atoms with Gasteiger partial charge in [-0.15, -0.1) is 0 Å². The van der Waals surface area contributed by atoms with Crippen LogP contribution >= 0.6 is 0 Å². The predicted octanol–water partition coefficient (Wildman–Crippen LogP) is 2.07. The van der Waals surface area contributed by atoms with Gasteiger partial charge in [-0.25, -0.2) is 0 Å². The summed E-state index contributed by atoms with van der Waals surface area (Å²) < 4.78 is 17.8. The maximum absolute atomic E-state index is 12.6. The molecule has 0 spiro atoms. The van der Waals surface area contributed by atoms with Crippen molar-refractivity contribution in [2.45, 2.75) is 19.1 Å². The number of hydrogen-bond acceptors (Lipinski definition) is 4. The lowest BCUT2D eigenvalue weighted by atomic mass is 9.97. The summed E-state index contributed by atoms with van der Waals surface area (Å²) in [6, 6.07) is 8.13. The first-order valence-corrected chi connectivity index (χ1v) is 6.30. The van der Waals surface area contributed by atoms with E-state index in [4.69, 9.17) is 4.74 Å². The Morgan fingerprint density at radius 1 is 1.32 bits per heavy atom. The quantitative estimate of drug-likeness (QED) is 0.604. The van der Waals surface area contributed by atoms with Crippen LogP contribution in [0.4, 0.5) is 4.39 Å². The van der Waals surface area contributed by atoms with E-state index in [1.54, 1.807) is 0 Å². The van der Waals surface area contributed by atoms with Gasteiger partial charge in [0.15, 0.2) is 6.23 Å². The second-order valence-corrected chi connectivity index (χ2v) is 4.61. The van der Waals surface area contributed by atoms with Crippen LogP contribution in [0.5, 0.6) is 0 Å². The first-order valence-electron chi connectivity index (χ1n) is 6.30. The zero-order chi connectivity index (χ0) is 13.7. The molecule has 2 rings (SSSR count). The van der Waals surface area contributed by atoms with Gasteiger partial charge in [-0.1, -0.05) is 30.3 Å². The predicted molar refractivity (Wildman–Crippen MR) is 66.7 cm³/mol. The van der Waals surface area contributed by atoms with E-state index in [9.17, 15) is 14.0 Å². The third-order valence-corrected chi connectivity index (χ3v) is 3.45. The lowest BCUT2D eigenvalue weighted by molar-refractivity contribution is -0.148. The van der Waals surface area contributed by atoms with Crippen molar-refractivity contribution in [2.24, 2.45) is 5.92 Å². The second kappa shape index (κ2) is 6.43. The Labute approximate surface area is 111 Å². The number of hydrogen-bond donors (Lipinski definition) is 0. The molecule has 0 aromatic heterocycles. The number of nitrogens with zero attached hydrogens (tertiary/aromatic N) is 1. The van der Waals surface area contributed by atoms with Crippen molar-refractivity contribution >= 4 is 12.5 Å². The molecule has 0 saturated carbocycles. The van der Waals surface area contributed by atoms with Crippen LogP contribution in [0.1, 0.15) is 24.6 Å². The third-order valence-electron chi connectivity index (χ3n) is 3.45. The Kier molecular flexibility index (Phi) is 4.63. The van der Waals surface area contributed by atoms with E-state index < -0.39 is 18.2 Å². The van der Waals surface area contributed by atoms with Gasteiger partial charge in [0, 0.05) is 18.7 Å². The van der Waals surface area contributed by atoms with Crippen molar-refractivity contribution in [3.63, 3.8) is 0 Å². The molecule has 0 N–H and O–H groups in total.